The molecule has 3 aliphatic heterocycles. The van der Waals surface area contributed by atoms with E-state index in [1.165, 1.54) is 7.11 Å². The van der Waals surface area contributed by atoms with Crippen molar-refractivity contribution >= 4 is 23.9 Å². The van der Waals surface area contributed by atoms with Gasteiger partial charge in [0.15, 0.2) is 0 Å². The van der Waals surface area contributed by atoms with E-state index in [-0.39, 0.29) is 30.7 Å². The van der Waals surface area contributed by atoms with Crippen LogP contribution in [0.2, 0.25) is 0 Å². The molecule has 0 saturated carbocycles. The number of carbonyl (C=O) groups excluding carboxylic acids is 4. The molecule has 2 unspecified atom stereocenters. The minimum Gasteiger partial charge on any atom is -0.467 e. The van der Waals surface area contributed by atoms with Crippen molar-refractivity contribution in [3.8, 4) is 0 Å². The first-order chi connectivity index (χ1) is 16.5. The molecule has 0 aromatic heterocycles. The standard InChI is InChI=1S/C26H26N2O6/c1-33-25(31)22(28-23(29)20-9-5-6-10-21(20)24(28)30)17-13-18-11-12-19(14-17)27(18)26(32)34-15-16-7-3-2-4-8-16/h2-10,17-19,22H,11-15H2,1H3/t17?,18?,19?,22-/m0/s1. The van der Waals surface area contributed by atoms with Crippen molar-refractivity contribution in [3.05, 3.63) is 71.3 Å². The molecule has 176 valence electrons. The molecule has 2 bridgehead atoms. The molecule has 0 radical (unpaired) electrons. The maximum atomic E-state index is 13.1. The topological polar surface area (TPSA) is 93.2 Å². The second kappa shape index (κ2) is 8.93. The highest BCUT2D eigenvalue weighted by Gasteiger charge is 2.52. The quantitative estimate of drug-likeness (QED) is 0.500. The normalized spacial score (nSPS) is 24.1. The molecule has 0 aliphatic carbocycles. The molecule has 3 atom stereocenters. The maximum Gasteiger partial charge on any atom is 0.410 e. The van der Waals surface area contributed by atoms with Crippen molar-refractivity contribution in [3.63, 3.8) is 0 Å². The van der Waals surface area contributed by atoms with E-state index >= 15 is 0 Å². The Bertz CT molecular complexity index is 1080. The van der Waals surface area contributed by atoms with Gasteiger partial charge in [-0.2, -0.15) is 0 Å². The second-order valence-corrected chi connectivity index (χ2v) is 9.06. The van der Waals surface area contributed by atoms with Crippen LogP contribution >= 0.6 is 0 Å². The molecule has 2 fully saturated rings. The van der Waals surface area contributed by atoms with Crippen LogP contribution in [-0.2, 0) is 20.9 Å². The zero-order chi connectivity index (χ0) is 23.8. The van der Waals surface area contributed by atoms with E-state index in [4.69, 9.17) is 9.47 Å². The van der Waals surface area contributed by atoms with Gasteiger partial charge in [0.05, 0.1) is 18.2 Å². The highest BCUT2D eigenvalue weighted by Crippen LogP contribution is 2.42. The van der Waals surface area contributed by atoms with Crippen LogP contribution in [-0.4, -0.2) is 58.9 Å². The Morgan fingerprint density at radius 2 is 1.47 bits per heavy atom. The average Bonchev–Trinajstić information content (AvgIpc) is 3.28. The van der Waals surface area contributed by atoms with E-state index in [2.05, 4.69) is 0 Å². The number of carbonyl (C=O) groups is 4. The van der Waals surface area contributed by atoms with E-state index in [9.17, 15) is 19.2 Å². The molecule has 3 heterocycles. The van der Waals surface area contributed by atoms with Crippen LogP contribution in [0.1, 0.15) is 52.0 Å². The van der Waals surface area contributed by atoms with E-state index in [1.54, 1.807) is 29.2 Å². The van der Waals surface area contributed by atoms with Crippen LogP contribution in [0, 0.1) is 5.92 Å². The molecule has 0 N–H and O–H groups in total. The Balaban J connectivity index is 1.33. The Morgan fingerprint density at radius 3 is 2.03 bits per heavy atom. The molecule has 2 aromatic rings. The number of piperidine rings is 1. The van der Waals surface area contributed by atoms with Gasteiger partial charge in [-0.05, 0) is 49.3 Å². The van der Waals surface area contributed by atoms with Crippen molar-refractivity contribution in [2.45, 2.75) is 50.4 Å². The fourth-order valence-corrected chi connectivity index (χ4v) is 5.66. The maximum absolute atomic E-state index is 13.1. The van der Waals surface area contributed by atoms with Crippen molar-refractivity contribution in [2.24, 2.45) is 5.92 Å². The Kier molecular flexibility index (Phi) is 5.81. The van der Waals surface area contributed by atoms with Crippen LogP contribution in [0.15, 0.2) is 54.6 Å². The Hall–Kier alpha value is -3.68. The lowest BCUT2D eigenvalue weighted by molar-refractivity contribution is -0.148. The van der Waals surface area contributed by atoms with E-state index in [0.717, 1.165) is 23.3 Å². The number of methoxy groups -OCH3 is 1. The number of imide groups is 1. The summed E-state index contributed by atoms with van der Waals surface area (Å²) in [7, 11) is 1.26. The number of amides is 3. The van der Waals surface area contributed by atoms with Gasteiger partial charge in [-0.3, -0.25) is 14.5 Å². The fourth-order valence-electron chi connectivity index (χ4n) is 5.66. The first-order valence-electron chi connectivity index (χ1n) is 11.5. The summed E-state index contributed by atoms with van der Waals surface area (Å²) >= 11 is 0. The smallest absolute Gasteiger partial charge is 0.410 e. The zero-order valence-electron chi connectivity index (χ0n) is 18.9. The van der Waals surface area contributed by atoms with Gasteiger partial charge in [0, 0.05) is 12.1 Å². The monoisotopic (exact) mass is 462 g/mol. The zero-order valence-corrected chi connectivity index (χ0v) is 18.9. The molecule has 0 spiro atoms. The summed E-state index contributed by atoms with van der Waals surface area (Å²) in [6.07, 6.45) is 2.19. The van der Waals surface area contributed by atoms with Gasteiger partial charge >= 0.3 is 12.1 Å². The summed E-state index contributed by atoms with van der Waals surface area (Å²) in [6.45, 7) is 0.193. The number of ether oxygens (including phenoxy) is 2. The van der Waals surface area contributed by atoms with E-state index < -0.39 is 23.8 Å². The molecule has 5 rings (SSSR count). The molecular formula is C26H26N2O6. The molecular weight excluding hydrogens is 436 g/mol. The summed E-state index contributed by atoms with van der Waals surface area (Å²) in [5.74, 6) is -1.87. The molecule has 2 saturated heterocycles. The van der Waals surface area contributed by atoms with Gasteiger partial charge in [-0.25, -0.2) is 9.59 Å². The molecule has 34 heavy (non-hydrogen) atoms. The summed E-state index contributed by atoms with van der Waals surface area (Å²) in [6, 6.07) is 14.8. The highest BCUT2D eigenvalue weighted by molar-refractivity contribution is 6.22. The minimum atomic E-state index is -1.03. The number of hydrogen-bond donors (Lipinski definition) is 0. The van der Waals surface area contributed by atoms with Gasteiger partial charge in [0.2, 0.25) is 0 Å². The van der Waals surface area contributed by atoms with Crippen molar-refractivity contribution in [1.29, 1.82) is 0 Å². The van der Waals surface area contributed by atoms with E-state index in [1.807, 2.05) is 30.3 Å². The molecule has 2 aromatic carbocycles. The predicted octanol–water partition coefficient (Wildman–Crippen LogP) is 3.40. The lowest BCUT2D eigenvalue weighted by Crippen LogP contribution is -2.55. The third-order valence-corrected chi connectivity index (χ3v) is 7.18. The number of rotatable bonds is 5. The first kappa shape index (κ1) is 22.1. The van der Waals surface area contributed by atoms with Crippen LogP contribution in [0.5, 0.6) is 0 Å². The Morgan fingerprint density at radius 1 is 0.912 bits per heavy atom. The number of fused-ring (bicyclic) bond motifs is 3. The first-order valence-corrected chi connectivity index (χ1v) is 11.5. The number of nitrogens with zero attached hydrogens (tertiary/aromatic N) is 2. The number of hydrogen-bond acceptors (Lipinski definition) is 6. The lowest BCUT2D eigenvalue weighted by Gasteiger charge is -2.41. The summed E-state index contributed by atoms with van der Waals surface area (Å²) in [5, 5.41) is 0. The number of benzene rings is 2. The second-order valence-electron chi connectivity index (χ2n) is 9.06. The van der Waals surface area contributed by atoms with Gasteiger partial charge in [0.25, 0.3) is 11.8 Å². The summed E-state index contributed by atoms with van der Waals surface area (Å²) in [4.78, 5) is 54.8. The summed E-state index contributed by atoms with van der Waals surface area (Å²) < 4.78 is 10.6. The van der Waals surface area contributed by atoms with E-state index in [0.29, 0.717) is 24.0 Å². The van der Waals surface area contributed by atoms with Crippen molar-refractivity contribution in [1.82, 2.24) is 9.80 Å². The highest BCUT2D eigenvalue weighted by atomic mass is 16.6. The SMILES string of the molecule is COC(=O)[C@H](C1CC2CCC(C1)N2C(=O)OCc1ccccc1)N1C(=O)c2ccccc2C1=O. The van der Waals surface area contributed by atoms with Crippen molar-refractivity contribution in [2.75, 3.05) is 7.11 Å². The van der Waals surface area contributed by atoms with Crippen LogP contribution in [0.3, 0.4) is 0 Å². The molecule has 8 heteroatoms. The van der Waals surface area contributed by atoms with Gasteiger partial charge in [0.1, 0.15) is 12.6 Å². The number of esters is 1. The third kappa shape index (κ3) is 3.73. The largest absolute Gasteiger partial charge is 0.467 e. The van der Waals surface area contributed by atoms with Crippen molar-refractivity contribution < 1.29 is 28.7 Å². The Labute approximate surface area is 197 Å². The summed E-state index contributed by atoms with van der Waals surface area (Å²) in [5.41, 5.74) is 1.51. The predicted molar refractivity (Wildman–Crippen MR) is 121 cm³/mol. The molecule has 8 nitrogen and oxygen atoms in total. The molecule has 3 aliphatic rings. The van der Waals surface area contributed by atoms with Gasteiger partial charge in [-0.15, -0.1) is 0 Å². The van der Waals surface area contributed by atoms with Crippen LogP contribution in [0.25, 0.3) is 0 Å². The minimum absolute atomic E-state index is 0.116. The van der Waals surface area contributed by atoms with Crippen LogP contribution in [0.4, 0.5) is 4.79 Å². The van der Waals surface area contributed by atoms with Gasteiger partial charge < -0.3 is 14.4 Å². The van der Waals surface area contributed by atoms with Crippen LogP contribution < -0.4 is 0 Å². The lowest BCUT2D eigenvalue weighted by atomic mass is 9.84. The van der Waals surface area contributed by atoms with Gasteiger partial charge in [-0.1, -0.05) is 42.5 Å². The average molecular weight is 463 g/mol. The molecule has 3 amide bonds. The third-order valence-electron chi connectivity index (χ3n) is 7.18. The fraction of sp³-hybridized carbons (Fsp3) is 0.385.